The van der Waals surface area contributed by atoms with Crippen LogP contribution in [-0.4, -0.2) is 21.5 Å². The van der Waals surface area contributed by atoms with E-state index < -0.39 is 0 Å². The van der Waals surface area contributed by atoms with E-state index in [0.717, 1.165) is 0 Å². The molecule has 0 atom stereocenters. The zero-order chi connectivity index (χ0) is 11.7. The van der Waals surface area contributed by atoms with E-state index in [9.17, 15) is 4.79 Å². The van der Waals surface area contributed by atoms with Crippen molar-refractivity contribution in [3.05, 3.63) is 35.4 Å². The lowest BCUT2D eigenvalue weighted by molar-refractivity contribution is 0.0380. The number of carbonyl (C=O) groups is 1. The van der Waals surface area contributed by atoms with Crippen LogP contribution in [0.4, 0.5) is 0 Å². The van der Waals surface area contributed by atoms with Crippen LogP contribution in [0.1, 0.15) is 24.2 Å². The second kappa shape index (κ2) is 4.14. The number of fused-ring (bicyclic) bond motifs is 1. The van der Waals surface area contributed by atoms with Gasteiger partial charge in [-0.25, -0.2) is 9.78 Å². The molecule has 2 heterocycles. The number of hydrogen-bond acceptors (Lipinski definition) is 3. The number of nitrogens with zero attached hydrogens (tertiary/aromatic N) is 2. The molecule has 0 fully saturated rings. The zero-order valence-electron chi connectivity index (χ0n) is 8.98. The Balaban J connectivity index is 2.51. The predicted molar refractivity (Wildman–Crippen MR) is 60.8 cm³/mol. The molecule has 2 aromatic rings. The van der Waals surface area contributed by atoms with Gasteiger partial charge in [-0.15, -0.1) is 0 Å². The standard InChI is InChI=1S/C11H11ClN2O2/c1-7(2)16-11(15)8-4-3-5-14-6-13-10(12)9(8)14/h3-7H,1-2H3. The van der Waals surface area contributed by atoms with Gasteiger partial charge in [-0.2, -0.15) is 0 Å². The Morgan fingerprint density at radius 1 is 1.56 bits per heavy atom. The Bertz CT molecular complexity index is 534. The van der Waals surface area contributed by atoms with E-state index in [1.54, 1.807) is 42.9 Å². The molecular formula is C11H11ClN2O2. The highest BCUT2D eigenvalue weighted by atomic mass is 35.5. The molecule has 0 amide bonds. The quantitative estimate of drug-likeness (QED) is 0.756. The van der Waals surface area contributed by atoms with Crippen LogP contribution in [0, 0.1) is 0 Å². The lowest BCUT2D eigenvalue weighted by atomic mass is 10.2. The number of ether oxygens (including phenoxy) is 1. The third kappa shape index (κ3) is 1.88. The van der Waals surface area contributed by atoms with Crippen molar-refractivity contribution in [2.24, 2.45) is 0 Å². The van der Waals surface area contributed by atoms with Gasteiger partial charge in [0, 0.05) is 6.20 Å². The average molecular weight is 239 g/mol. The average Bonchev–Trinajstić information content (AvgIpc) is 2.59. The second-order valence-electron chi connectivity index (χ2n) is 3.67. The van der Waals surface area contributed by atoms with Gasteiger partial charge in [0.25, 0.3) is 0 Å². The molecule has 0 aliphatic heterocycles. The summed E-state index contributed by atoms with van der Waals surface area (Å²) >= 11 is 5.92. The summed E-state index contributed by atoms with van der Waals surface area (Å²) in [5, 5.41) is 0.302. The van der Waals surface area contributed by atoms with Crippen molar-refractivity contribution in [2.75, 3.05) is 0 Å². The van der Waals surface area contributed by atoms with Gasteiger partial charge in [0.1, 0.15) is 6.33 Å². The van der Waals surface area contributed by atoms with Gasteiger partial charge >= 0.3 is 5.97 Å². The molecule has 2 aromatic heterocycles. The molecule has 0 spiro atoms. The topological polar surface area (TPSA) is 43.6 Å². The molecule has 0 saturated heterocycles. The Hall–Kier alpha value is -1.55. The van der Waals surface area contributed by atoms with Crippen LogP contribution in [0.25, 0.3) is 5.52 Å². The summed E-state index contributed by atoms with van der Waals surface area (Å²) in [5.74, 6) is -0.386. The Morgan fingerprint density at radius 2 is 2.31 bits per heavy atom. The first-order valence-electron chi connectivity index (χ1n) is 4.91. The van der Waals surface area contributed by atoms with Crippen LogP contribution in [0.15, 0.2) is 24.7 Å². The number of pyridine rings is 1. The first-order valence-corrected chi connectivity index (χ1v) is 5.29. The Labute approximate surface area is 97.8 Å². The van der Waals surface area contributed by atoms with Crippen molar-refractivity contribution in [2.45, 2.75) is 20.0 Å². The van der Waals surface area contributed by atoms with Gasteiger partial charge in [0.05, 0.1) is 17.2 Å². The Kier molecular flexibility index (Phi) is 2.83. The predicted octanol–water partition coefficient (Wildman–Crippen LogP) is 2.55. The van der Waals surface area contributed by atoms with Crippen LogP contribution < -0.4 is 0 Å². The van der Waals surface area contributed by atoms with Crippen LogP contribution in [0.3, 0.4) is 0 Å². The van der Waals surface area contributed by atoms with Crippen LogP contribution >= 0.6 is 11.6 Å². The molecule has 0 aliphatic carbocycles. The summed E-state index contributed by atoms with van der Waals surface area (Å²) in [6.45, 7) is 3.60. The molecule has 0 aromatic carbocycles. The van der Waals surface area contributed by atoms with Crippen molar-refractivity contribution < 1.29 is 9.53 Å². The van der Waals surface area contributed by atoms with Crippen LogP contribution in [0.5, 0.6) is 0 Å². The number of imidazole rings is 1. The van der Waals surface area contributed by atoms with E-state index in [2.05, 4.69) is 4.98 Å². The van der Waals surface area contributed by atoms with E-state index in [1.807, 2.05) is 0 Å². The van der Waals surface area contributed by atoms with Gasteiger partial charge in [0.15, 0.2) is 5.15 Å². The number of rotatable bonds is 2. The minimum atomic E-state index is -0.386. The maximum absolute atomic E-state index is 11.8. The molecule has 0 N–H and O–H groups in total. The molecule has 0 bridgehead atoms. The highest BCUT2D eigenvalue weighted by Gasteiger charge is 2.16. The van der Waals surface area contributed by atoms with Crippen LogP contribution in [-0.2, 0) is 4.74 Å². The van der Waals surface area contributed by atoms with E-state index in [0.29, 0.717) is 16.2 Å². The smallest absolute Gasteiger partial charge is 0.340 e. The van der Waals surface area contributed by atoms with Gasteiger partial charge in [-0.1, -0.05) is 11.6 Å². The van der Waals surface area contributed by atoms with E-state index in [1.165, 1.54) is 0 Å². The highest BCUT2D eigenvalue weighted by Crippen LogP contribution is 2.20. The minimum absolute atomic E-state index is 0.158. The number of esters is 1. The summed E-state index contributed by atoms with van der Waals surface area (Å²) in [6.07, 6.45) is 3.18. The SMILES string of the molecule is CC(C)OC(=O)c1cccn2cnc(Cl)c12. The number of hydrogen-bond donors (Lipinski definition) is 0. The molecule has 16 heavy (non-hydrogen) atoms. The molecule has 4 nitrogen and oxygen atoms in total. The normalized spacial score (nSPS) is 11.0. The van der Waals surface area contributed by atoms with Gasteiger partial charge in [-0.3, -0.25) is 0 Å². The lowest BCUT2D eigenvalue weighted by Crippen LogP contribution is -2.12. The first kappa shape index (κ1) is 11.0. The number of carbonyl (C=O) groups excluding carboxylic acids is 1. The zero-order valence-corrected chi connectivity index (χ0v) is 9.73. The number of aromatic nitrogens is 2. The summed E-state index contributed by atoms with van der Waals surface area (Å²) in [7, 11) is 0. The van der Waals surface area contributed by atoms with Crippen LogP contribution in [0.2, 0.25) is 5.15 Å². The summed E-state index contributed by atoms with van der Waals surface area (Å²) in [5.41, 5.74) is 1.01. The third-order valence-corrected chi connectivity index (χ3v) is 2.35. The van der Waals surface area contributed by atoms with E-state index in [-0.39, 0.29) is 12.1 Å². The summed E-state index contributed by atoms with van der Waals surface area (Å²) < 4.78 is 6.82. The fraction of sp³-hybridized carbons (Fsp3) is 0.273. The lowest BCUT2D eigenvalue weighted by Gasteiger charge is -2.08. The Morgan fingerprint density at radius 3 is 3.00 bits per heavy atom. The fourth-order valence-electron chi connectivity index (χ4n) is 1.45. The van der Waals surface area contributed by atoms with Gasteiger partial charge in [-0.05, 0) is 26.0 Å². The molecule has 0 aliphatic rings. The second-order valence-corrected chi connectivity index (χ2v) is 4.03. The molecular weight excluding hydrogens is 228 g/mol. The van der Waals surface area contributed by atoms with Crippen molar-refractivity contribution in [1.29, 1.82) is 0 Å². The molecule has 84 valence electrons. The third-order valence-electron chi connectivity index (χ3n) is 2.08. The molecule has 0 saturated carbocycles. The molecule has 0 radical (unpaired) electrons. The highest BCUT2D eigenvalue weighted by molar-refractivity contribution is 6.33. The van der Waals surface area contributed by atoms with E-state index in [4.69, 9.17) is 16.3 Å². The maximum atomic E-state index is 11.8. The summed E-state index contributed by atoms with van der Waals surface area (Å²) in [4.78, 5) is 15.7. The van der Waals surface area contributed by atoms with Crippen molar-refractivity contribution in [3.63, 3.8) is 0 Å². The van der Waals surface area contributed by atoms with Crippen molar-refractivity contribution in [3.8, 4) is 0 Å². The largest absolute Gasteiger partial charge is 0.459 e. The van der Waals surface area contributed by atoms with Gasteiger partial charge < -0.3 is 9.14 Å². The van der Waals surface area contributed by atoms with Crippen molar-refractivity contribution >= 4 is 23.1 Å². The minimum Gasteiger partial charge on any atom is -0.459 e. The summed E-state index contributed by atoms with van der Waals surface area (Å²) in [6, 6.07) is 3.43. The fourth-order valence-corrected chi connectivity index (χ4v) is 1.70. The maximum Gasteiger partial charge on any atom is 0.340 e. The van der Waals surface area contributed by atoms with E-state index >= 15 is 0 Å². The van der Waals surface area contributed by atoms with Crippen molar-refractivity contribution in [1.82, 2.24) is 9.38 Å². The van der Waals surface area contributed by atoms with Gasteiger partial charge in [0.2, 0.25) is 0 Å². The molecule has 5 heteroatoms. The number of halogens is 1. The first-order chi connectivity index (χ1) is 7.59. The molecule has 2 rings (SSSR count). The molecule has 0 unspecified atom stereocenters. The monoisotopic (exact) mass is 238 g/mol.